The van der Waals surface area contributed by atoms with Crippen LogP contribution in [0, 0.1) is 11.3 Å². The third-order valence-electron chi connectivity index (χ3n) is 2.87. The number of carbonyl (C=O) groups excluding carboxylic acids is 1. The summed E-state index contributed by atoms with van der Waals surface area (Å²) in [7, 11) is 0. The van der Waals surface area contributed by atoms with Crippen LogP contribution in [0.3, 0.4) is 0 Å². The summed E-state index contributed by atoms with van der Waals surface area (Å²) in [4.78, 5) is 11.8. The van der Waals surface area contributed by atoms with Gasteiger partial charge in [0, 0.05) is 5.41 Å². The molecule has 0 spiro atoms. The lowest BCUT2D eigenvalue weighted by atomic mass is 9.77. The number of nitrogens with two attached hydrogens (primary N) is 1. The summed E-state index contributed by atoms with van der Waals surface area (Å²) in [6.45, 7) is 12.1. The van der Waals surface area contributed by atoms with E-state index in [-0.39, 0.29) is 11.2 Å². The van der Waals surface area contributed by atoms with Crippen LogP contribution in [-0.4, -0.2) is 18.0 Å². The molecule has 0 fully saturated rings. The highest BCUT2D eigenvalue weighted by Gasteiger charge is 2.31. The summed E-state index contributed by atoms with van der Waals surface area (Å²) in [6, 6.07) is 0. The van der Waals surface area contributed by atoms with Gasteiger partial charge in [0.1, 0.15) is 0 Å². The quantitative estimate of drug-likeness (QED) is 0.662. The monoisotopic (exact) mass is 200 g/mol. The maximum atomic E-state index is 11.8. The first-order chi connectivity index (χ1) is 6.07. The number of rotatable bonds is 5. The van der Waals surface area contributed by atoms with E-state index in [1.165, 1.54) is 0 Å². The lowest BCUT2D eigenvalue weighted by Gasteiger charge is -2.29. The molecule has 84 valence electrons. The zero-order valence-electron chi connectivity index (χ0n) is 10.3. The van der Waals surface area contributed by atoms with Gasteiger partial charge in [-0.15, -0.1) is 0 Å². The Balaban J connectivity index is 4.23. The van der Waals surface area contributed by atoms with E-state index in [1.54, 1.807) is 0 Å². The van der Waals surface area contributed by atoms with Gasteiger partial charge in [0.15, 0.2) is 5.78 Å². The molecule has 0 aliphatic carbocycles. The summed E-state index contributed by atoms with van der Waals surface area (Å²) in [5.41, 5.74) is 4.98. The number of nitrogens with one attached hydrogen (secondary N) is 1. The summed E-state index contributed by atoms with van der Waals surface area (Å²) >= 11 is 0. The molecule has 0 heterocycles. The van der Waals surface area contributed by atoms with E-state index < -0.39 is 5.66 Å². The minimum Gasteiger partial charge on any atom is -0.314 e. The van der Waals surface area contributed by atoms with Crippen LogP contribution in [0.5, 0.6) is 0 Å². The molecular weight excluding hydrogens is 176 g/mol. The number of hydrogen-bond acceptors (Lipinski definition) is 3. The predicted octanol–water partition coefficient (Wildman–Crippen LogP) is 1.52. The van der Waals surface area contributed by atoms with E-state index in [2.05, 4.69) is 19.2 Å². The molecule has 0 rings (SSSR count). The van der Waals surface area contributed by atoms with Crippen LogP contribution in [-0.2, 0) is 4.79 Å². The van der Waals surface area contributed by atoms with Crippen molar-refractivity contribution in [3.8, 4) is 0 Å². The minimum absolute atomic E-state index is 0.214. The molecule has 0 saturated heterocycles. The van der Waals surface area contributed by atoms with Crippen molar-refractivity contribution >= 4 is 5.78 Å². The Morgan fingerprint density at radius 3 is 2.00 bits per heavy atom. The van der Waals surface area contributed by atoms with Crippen molar-refractivity contribution in [1.29, 1.82) is 0 Å². The van der Waals surface area contributed by atoms with Gasteiger partial charge >= 0.3 is 0 Å². The van der Waals surface area contributed by atoms with E-state index in [1.807, 2.05) is 27.7 Å². The lowest BCUT2D eigenvalue weighted by molar-refractivity contribution is -0.128. The van der Waals surface area contributed by atoms with E-state index in [4.69, 9.17) is 5.73 Å². The van der Waals surface area contributed by atoms with Crippen molar-refractivity contribution in [2.24, 2.45) is 17.1 Å². The first-order valence-corrected chi connectivity index (χ1v) is 5.14. The molecule has 0 bridgehead atoms. The predicted molar refractivity (Wildman–Crippen MR) is 59.9 cm³/mol. The van der Waals surface area contributed by atoms with Crippen molar-refractivity contribution in [1.82, 2.24) is 5.32 Å². The molecule has 3 nitrogen and oxygen atoms in total. The number of ketones is 1. The van der Waals surface area contributed by atoms with Crippen LogP contribution in [0.1, 0.15) is 41.5 Å². The third-order valence-corrected chi connectivity index (χ3v) is 2.87. The molecule has 0 saturated carbocycles. The summed E-state index contributed by atoms with van der Waals surface area (Å²) < 4.78 is 0. The van der Waals surface area contributed by atoms with Crippen LogP contribution < -0.4 is 11.1 Å². The Bertz CT molecular complexity index is 202. The summed E-state index contributed by atoms with van der Waals surface area (Å²) in [6.07, 6.45) is 0. The lowest BCUT2D eigenvalue weighted by Crippen LogP contribution is -2.51. The van der Waals surface area contributed by atoms with Gasteiger partial charge in [-0.2, -0.15) is 0 Å². The van der Waals surface area contributed by atoms with Crippen LogP contribution in [0.25, 0.3) is 0 Å². The molecule has 0 amide bonds. The second-order valence-electron chi connectivity index (χ2n) is 5.37. The Hall–Kier alpha value is -0.410. The maximum Gasteiger partial charge on any atom is 0.152 e. The Morgan fingerprint density at radius 2 is 1.71 bits per heavy atom. The van der Waals surface area contributed by atoms with Crippen LogP contribution in [0.4, 0.5) is 0 Å². The van der Waals surface area contributed by atoms with Gasteiger partial charge in [-0.1, -0.05) is 27.7 Å². The van der Waals surface area contributed by atoms with Crippen LogP contribution in [0.15, 0.2) is 0 Å². The van der Waals surface area contributed by atoms with Gasteiger partial charge in [-0.05, 0) is 19.8 Å². The normalized spacial score (nSPS) is 13.4. The molecule has 0 aromatic heterocycles. The van der Waals surface area contributed by atoms with Crippen molar-refractivity contribution in [2.45, 2.75) is 47.2 Å². The van der Waals surface area contributed by atoms with E-state index in [0.717, 1.165) is 0 Å². The molecule has 0 aliphatic heterocycles. The second kappa shape index (κ2) is 4.41. The van der Waals surface area contributed by atoms with Gasteiger partial charge in [0.05, 0.1) is 12.2 Å². The molecule has 0 atom stereocenters. The Kier molecular flexibility index (Phi) is 4.28. The molecule has 14 heavy (non-hydrogen) atoms. The fraction of sp³-hybridized carbons (Fsp3) is 0.909. The first-order valence-electron chi connectivity index (χ1n) is 5.14. The molecule has 3 N–H and O–H groups in total. The zero-order chi connectivity index (χ0) is 11.6. The topological polar surface area (TPSA) is 55.1 Å². The second-order valence-corrected chi connectivity index (χ2v) is 5.37. The molecule has 0 aliphatic rings. The standard InChI is InChI=1S/C11H24N2O/c1-8(2)10(3,4)9(14)7-13-11(5,6)12/h8,13H,7,12H2,1-6H3. The highest BCUT2D eigenvalue weighted by molar-refractivity contribution is 5.86. The van der Waals surface area contributed by atoms with Crippen LogP contribution >= 0.6 is 0 Å². The largest absolute Gasteiger partial charge is 0.314 e. The fourth-order valence-electron chi connectivity index (χ4n) is 0.858. The van der Waals surface area contributed by atoms with Gasteiger partial charge in [0.25, 0.3) is 0 Å². The van der Waals surface area contributed by atoms with E-state index in [0.29, 0.717) is 12.5 Å². The first kappa shape index (κ1) is 13.6. The van der Waals surface area contributed by atoms with Gasteiger partial charge < -0.3 is 5.73 Å². The average molecular weight is 200 g/mol. The molecule has 0 radical (unpaired) electrons. The van der Waals surface area contributed by atoms with Crippen molar-refractivity contribution in [3.63, 3.8) is 0 Å². The highest BCUT2D eigenvalue weighted by Crippen LogP contribution is 2.26. The van der Waals surface area contributed by atoms with E-state index in [9.17, 15) is 4.79 Å². The zero-order valence-corrected chi connectivity index (χ0v) is 10.3. The third kappa shape index (κ3) is 4.20. The highest BCUT2D eigenvalue weighted by atomic mass is 16.1. The van der Waals surface area contributed by atoms with Gasteiger partial charge in [-0.25, -0.2) is 0 Å². The Morgan fingerprint density at radius 1 is 1.29 bits per heavy atom. The number of carbonyl (C=O) groups is 1. The molecular formula is C11H24N2O. The van der Waals surface area contributed by atoms with Gasteiger partial charge in [0.2, 0.25) is 0 Å². The molecule has 0 aromatic carbocycles. The Labute approximate surface area is 87.4 Å². The maximum absolute atomic E-state index is 11.8. The van der Waals surface area contributed by atoms with Crippen molar-refractivity contribution in [2.75, 3.05) is 6.54 Å². The molecule has 0 unspecified atom stereocenters. The van der Waals surface area contributed by atoms with Gasteiger partial charge in [-0.3, -0.25) is 10.1 Å². The van der Waals surface area contributed by atoms with Crippen molar-refractivity contribution < 1.29 is 4.79 Å². The van der Waals surface area contributed by atoms with E-state index >= 15 is 0 Å². The number of hydrogen-bond donors (Lipinski definition) is 2. The molecule has 0 aromatic rings. The molecule has 3 heteroatoms. The summed E-state index contributed by atoms with van der Waals surface area (Å²) in [5, 5.41) is 3.01. The SMILES string of the molecule is CC(C)C(C)(C)C(=O)CNC(C)(C)N. The summed E-state index contributed by atoms with van der Waals surface area (Å²) in [5.74, 6) is 0.559. The number of Topliss-reactive ketones (excluding diaryl/α,β-unsaturated/α-hetero) is 1. The average Bonchev–Trinajstić information content (AvgIpc) is 1.98. The smallest absolute Gasteiger partial charge is 0.152 e. The van der Waals surface area contributed by atoms with Crippen LogP contribution in [0.2, 0.25) is 0 Å². The fourth-order valence-corrected chi connectivity index (χ4v) is 0.858. The minimum atomic E-state index is -0.483. The van der Waals surface area contributed by atoms with Crippen molar-refractivity contribution in [3.05, 3.63) is 0 Å².